The highest BCUT2D eigenvalue weighted by Gasteiger charge is 2.19. The highest BCUT2D eigenvalue weighted by atomic mass is 16.5. The summed E-state index contributed by atoms with van der Waals surface area (Å²) in [6.07, 6.45) is 0.790. The maximum absolute atomic E-state index is 12.6. The fourth-order valence-electron chi connectivity index (χ4n) is 3.65. The first-order valence-electron chi connectivity index (χ1n) is 11.0. The fraction of sp³-hybridized carbons (Fsp3) is 0.269. The van der Waals surface area contributed by atoms with Crippen molar-refractivity contribution in [3.63, 3.8) is 0 Å². The van der Waals surface area contributed by atoms with Gasteiger partial charge in [0.05, 0.1) is 30.1 Å². The number of esters is 2. The summed E-state index contributed by atoms with van der Waals surface area (Å²) >= 11 is 0. The van der Waals surface area contributed by atoms with Gasteiger partial charge >= 0.3 is 11.9 Å². The predicted octanol–water partition coefficient (Wildman–Crippen LogP) is 3.31. The summed E-state index contributed by atoms with van der Waals surface area (Å²) in [7, 11) is 1.36. The van der Waals surface area contributed by atoms with Crippen molar-refractivity contribution in [1.29, 1.82) is 5.26 Å². The molecule has 35 heavy (non-hydrogen) atoms. The van der Waals surface area contributed by atoms with E-state index in [2.05, 4.69) is 5.10 Å². The van der Waals surface area contributed by atoms with Gasteiger partial charge in [-0.3, -0.25) is 14.5 Å². The van der Waals surface area contributed by atoms with Crippen molar-refractivity contribution in [2.24, 2.45) is 0 Å². The van der Waals surface area contributed by atoms with Gasteiger partial charge in [0.2, 0.25) is 0 Å². The molecule has 0 aliphatic heterocycles. The van der Waals surface area contributed by atoms with E-state index in [1.54, 1.807) is 59.3 Å². The summed E-state index contributed by atoms with van der Waals surface area (Å²) in [4.78, 5) is 37.8. The maximum atomic E-state index is 12.6. The molecular formula is C26H26N4O5. The molecule has 0 bridgehead atoms. The second-order valence-electron chi connectivity index (χ2n) is 7.73. The zero-order valence-electron chi connectivity index (χ0n) is 19.9. The number of nitrogens with zero attached hydrogens (tertiary/aromatic N) is 4. The van der Waals surface area contributed by atoms with Crippen LogP contribution in [0.1, 0.15) is 33.7 Å². The van der Waals surface area contributed by atoms with Crippen molar-refractivity contribution in [3.05, 3.63) is 77.1 Å². The van der Waals surface area contributed by atoms with Crippen LogP contribution in [0.5, 0.6) is 0 Å². The van der Waals surface area contributed by atoms with Crippen molar-refractivity contribution in [2.45, 2.75) is 26.7 Å². The van der Waals surface area contributed by atoms with Gasteiger partial charge in [0, 0.05) is 17.8 Å². The average molecular weight is 475 g/mol. The van der Waals surface area contributed by atoms with E-state index in [9.17, 15) is 14.4 Å². The number of rotatable bonds is 9. The Balaban J connectivity index is 1.66. The molecule has 0 aliphatic rings. The Labute approximate surface area is 203 Å². The molecule has 1 aromatic heterocycles. The Morgan fingerprint density at radius 3 is 2.37 bits per heavy atom. The van der Waals surface area contributed by atoms with Crippen LogP contribution in [0, 0.1) is 25.2 Å². The molecule has 9 nitrogen and oxygen atoms in total. The van der Waals surface area contributed by atoms with Crippen LogP contribution >= 0.6 is 0 Å². The van der Waals surface area contributed by atoms with Gasteiger partial charge in [0.1, 0.15) is 6.54 Å². The van der Waals surface area contributed by atoms with Gasteiger partial charge in [0.15, 0.2) is 6.61 Å². The number of amides is 1. The molecule has 0 saturated carbocycles. The Hall–Kier alpha value is -4.45. The number of hydrogen-bond acceptors (Lipinski definition) is 7. The predicted molar refractivity (Wildman–Crippen MR) is 128 cm³/mol. The van der Waals surface area contributed by atoms with Crippen molar-refractivity contribution in [3.8, 4) is 11.8 Å². The lowest BCUT2D eigenvalue weighted by atomic mass is 10.1. The molecule has 1 amide bonds. The first-order chi connectivity index (χ1) is 16.8. The molecule has 3 rings (SSSR count). The minimum absolute atomic E-state index is 0.153. The molecule has 2 aromatic carbocycles. The van der Waals surface area contributed by atoms with E-state index in [1.807, 2.05) is 19.9 Å². The number of methoxy groups -OCH3 is 1. The quantitative estimate of drug-likeness (QED) is 0.345. The molecule has 0 radical (unpaired) electrons. The average Bonchev–Trinajstić information content (AvgIpc) is 3.17. The minimum atomic E-state index is -0.651. The van der Waals surface area contributed by atoms with Crippen LogP contribution in [0.4, 0.5) is 5.69 Å². The Morgan fingerprint density at radius 2 is 1.74 bits per heavy atom. The monoisotopic (exact) mass is 474 g/mol. The number of carbonyl (C=O) groups is 3. The first kappa shape index (κ1) is 25.2. The highest BCUT2D eigenvalue weighted by molar-refractivity contribution is 5.97. The number of anilines is 1. The zero-order valence-corrected chi connectivity index (χ0v) is 19.9. The van der Waals surface area contributed by atoms with E-state index in [0.29, 0.717) is 12.1 Å². The highest BCUT2D eigenvalue weighted by Crippen LogP contribution is 2.20. The maximum Gasteiger partial charge on any atom is 0.338 e. The normalized spacial score (nSPS) is 10.3. The zero-order chi connectivity index (χ0) is 25.4. The Morgan fingerprint density at radius 1 is 1.06 bits per heavy atom. The molecule has 0 N–H and O–H groups in total. The first-order valence-corrected chi connectivity index (χ1v) is 11.0. The SMILES string of the molecule is COC(=O)CCc1c(C)nn(-c2ccc(C(=O)OCC(=O)N(CC#N)c3ccccc3)cc2)c1C. The van der Waals surface area contributed by atoms with Gasteiger partial charge in [0.25, 0.3) is 5.91 Å². The second-order valence-corrected chi connectivity index (χ2v) is 7.73. The number of benzene rings is 2. The summed E-state index contributed by atoms with van der Waals surface area (Å²) in [5.74, 6) is -1.43. The Kier molecular flexibility index (Phi) is 8.35. The molecule has 3 aromatic rings. The van der Waals surface area contributed by atoms with Gasteiger partial charge in [-0.25, -0.2) is 9.48 Å². The van der Waals surface area contributed by atoms with Crippen LogP contribution in [-0.2, 0) is 25.5 Å². The molecule has 1 heterocycles. The fourth-order valence-corrected chi connectivity index (χ4v) is 3.65. The summed E-state index contributed by atoms with van der Waals surface area (Å²) in [6.45, 7) is 3.15. The van der Waals surface area contributed by atoms with Crippen LogP contribution in [0.2, 0.25) is 0 Å². The van der Waals surface area contributed by atoms with Crippen LogP contribution in [0.15, 0.2) is 54.6 Å². The summed E-state index contributed by atoms with van der Waals surface area (Å²) in [6, 6.07) is 17.3. The minimum Gasteiger partial charge on any atom is -0.469 e. The molecule has 180 valence electrons. The molecule has 0 unspecified atom stereocenters. The van der Waals surface area contributed by atoms with Gasteiger partial charge in [-0.1, -0.05) is 18.2 Å². The lowest BCUT2D eigenvalue weighted by molar-refractivity contribution is -0.140. The van der Waals surface area contributed by atoms with Gasteiger partial charge in [-0.05, 0) is 62.2 Å². The number of ether oxygens (including phenoxy) is 2. The number of hydrogen-bond donors (Lipinski definition) is 0. The van der Waals surface area contributed by atoms with Crippen molar-refractivity contribution in [1.82, 2.24) is 9.78 Å². The van der Waals surface area contributed by atoms with Gasteiger partial charge in [-0.2, -0.15) is 10.4 Å². The molecule has 0 atom stereocenters. The van der Waals surface area contributed by atoms with Crippen molar-refractivity contribution in [2.75, 3.05) is 25.2 Å². The summed E-state index contributed by atoms with van der Waals surface area (Å²) < 4.78 is 11.7. The molecular weight excluding hydrogens is 448 g/mol. The van der Waals surface area contributed by atoms with E-state index in [1.165, 1.54) is 12.0 Å². The summed E-state index contributed by atoms with van der Waals surface area (Å²) in [5, 5.41) is 13.6. The van der Waals surface area contributed by atoms with Crippen LogP contribution in [0.25, 0.3) is 5.69 Å². The van der Waals surface area contributed by atoms with Crippen LogP contribution in [0.3, 0.4) is 0 Å². The topological polar surface area (TPSA) is 115 Å². The van der Waals surface area contributed by atoms with Crippen LogP contribution < -0.4 is 4.90 Å². The third-order valence-corrected chi connectivity index (χ3v) is 5.52. The van der Waals surface area contributed by atoms with E-state index in [0.717, 1.165) is 22.6 Å². The second kappa shape index (κ2) is 11.6. The van der Waals surface area contributed by atoms with E-state index in [4.69, 9.17) is 14.7 Å². The third-order valence-electron chi connectivity index (χ3n) is 5.52. The van der Waals surface area contributed by atoms with Crippen LogP contribution in [-0.4, -0.2) is 47.9 Å². The number of para-hydroxylation sites is 1. The number of carbonyl (C=O) groups excluding carboxylic acids is 3. The van der Waals surface area contributed by atoms with Crippen molar-refractivity contribution < 1.29 is 23.9 Å². The van der Waals surface area contributed by atoms with E-state index >= 15 is 0 Å². The van der Waals surface area contributed by atoms with E-state index in [-0.39, 0.29) is 24.5 Å². The molecule has 0 fully saturated rings. The molecule has 0 aliphatic carbocycles. The molecule has 0 saturated heterocycles. The lowest BCUT2D eigenvalue weighted by Gasteiger charge is -2.19. The van der Waals surface area contributed by atoms with Gasteiger partial charge < -0.3 is 9.47 Å². The molecule has 9 heteroatoms. The lowest BCUT2D eigenvalue weighted by Crippen LogP contribution is -2.35. The largest absolute Gasteiger partial charge is 0.469 e. The molecule has 0 spiro atoms. The smallest absolute Gasteiger partial charge is 0.338 e. The Bertz CT molecular complexity index is 1240. The number of aromatic nitrogens is 2. The number of nitriles is 1. The summed E-state index contributed by atoms with van der Waals surface area (Å²) in [5.41, 5.74) is 4.25. The number of aryl methyl sites for hydroxylation is 1. The standard InChI is InChI=1S/C26H26N4O5/c1-18-23(13-14-25(32)34-3)19(2)30(28-18)22-11-9-20(10-12-22)26(33)35-17-24(31)29(16-15-27)21-7-5-4-6-8-21/h4-12H,13-14,16-17H2,1-3H3. The third kappa shape index (κ3) is 6.12. The van der Waals surface area contributed by atoms with Gasteiger partial charge in [-0.15, -0.1) is 0 Å². The van der Waals surface area contributed by atoms with E-state index < -0.39 is 18.5 Å². The van der Waals surface area contributed by atoms with Crippen molar-refractivity contribution >= 4 is 23.5 Å².